The molecule has 0 aliphatic carbocycles. The van der Waals surface area contributed by atoms with Crippen LogP contribution in [-0.2, 0) is 4.79 Å². The Labute approximate surface area is 135 Å². The molecule has 0 aliphatic rings. The van der Waals surface area contributed by atoms with Crippen molar-refractivity contribution >= 4 is 5.97 Å². The molecule has 0 heterocycles. The third kappa shape index (κ3) is 18.2. The highest BCUT2D eigenvalue weighted by Gasteiger charge is 1.88. The molecule has 0 unspecified atom stereocenters. The zero-order chi connectivity index (χ0) is 16.3. The monoisotopic (exact) mass is 302 g/mol. The van der Waals surface area contributed by atoms with Crippen LogP contribution in [0.2, 0.25) is 0 Å². The topological polar surface area (TPSA) is 37.3 Å². The van der Waals surface area contributed by atoms with E-state index in [9.17, 15) is 4.79 Å². The summed E-state index contributed by atoms with van der Waals surface area (Å²) < 4.78 is 0. The maximum absolute atomic E-state index is 10.2. The van der Waals surface area contributed by atoms with Gasteiger partial charge >= 0.3 is 5.97 Å². The first kappa shape index (κ1) is 20.2. The lowest BCUT2D eigenvalue weighted by molar-refractivity contribution is -0.131. The Morgan fingerprint density at radius 1 is 0.727 bits per heavy atom. The van der Waals surface area contributed by atoms with Crippen molar-refractivity contribution in [2.45, 2.75) is 58.3 Å². The van der Waals surface area contributed by atoms with Crippen molar-refractivity contribution in [3.8, 4) is 0 Å². The van der Waals surface area contributed by atoms with Crippen LogP contribution in [0.25, 0.3) is 0 Å². The molecule has 0 radical (unpaired) electrons. The lowest BCUT2D eigenvalue weighted by Gasteiger charge is -1.98. The van der Waals surface area contributed by atoms with Crippen molar-refractivity contribution in [1.29, 1.82) is 0 Å². The summed E-state index contributed by atoms with van der Waals surface area (Å²) in [6.45, 7) is 2.25. The third-order valence-corrected chi connectivity index (χ3v) is 3.13. The average Bonchev–Trinajstić information content (AvgIpc) is 2.50. The van der Waals surface area contributed by atoms with E-state index in [1.54, 1.807) is 12.2 Å². The molecule has 0 rings (SSSR count). The van der Waals surface area contributed by atoms with Crippen molar-refractivity contribution in [1.82, 2.24) is 0 Å². The standard InChI is InChI=1S/C20H30O2/c1-2-3-4-5-6-7-8-9-10-11-12-13-14-15-16-17-18-19-20(21)22/h10-19H,2-9H2,1H3,(H,21,22)/b11-10+,13-12+,15-14+,17-16-,19-18+. The van der Waals surface area contributed by atoms with E-state index in [2.05, 4.69) is 19.1 Å². The fraction of sp³-hybridized carbons (Fsp3) is 0.450. The van der Waals surface area contributed by atoms with Gasteiger partial charge in [-0.1, -0.05) is 100 Å². The fourth-order valence-electron chi connectivity index (χ4n) is 1.92. The highest BCUT2D eigenvalue weighted by Crippen LogP contribution is 2.08. The number of allylic oxidation sites excluding steroid dienone is 9. The molecule has 1 N–H and O–H groups in total. The van der Waals surface area contributed by atoms with Crippen LogP contribution >= 0.6 is 0 Å². The average molecular weight is 302 g/mol. The number of carboxylic acids is 1. The molecule has 0 saturated carbocycles. The van der Waals surface area contributed by atoms with E-state index in [0.717, 1.165) is 12.5 Å². The van der Waals surface area contributed by atoms with Gasteiger partial charge in [0.1, 0.15) is 0 Å². The van der Waals surface area contributed by atoms with Crippen LogP contribution in [0.1, 0.15) is 58.3 Å². The molecule has 0 atom stereocenters. The highest BCUT2D eigenvalue weighted by atomic mass is 16.4. The summed E-state index contributed by atoms with van der Waals surface area (Å²) >= 11 is 0. The van der Waals surface area contributed by atoms with Crippen molar-refractivity contribution in [2.75, 3.05) is 0 Å². The Morgan fingerprint density at radius 2 is 1.23 bits per heavy atom. The maximum Gasteiger partial charge on any atom is 0.328 e. The summed E-state index contributed by atoms with van der Waals surface area (Å²) in [4.78, 5) is 10.2. The predicted octanol–water partition coefficient (Wildman–Crippen LogP) is 5.99. The molecule has 2 heteroatoms. The smallest absolute Gasteiger partial charge is 0.328 e. The second-order valence-electron chi connectivity index (χ2n) is 5.19. The van der Waals surface area contributed by atoms with Gasteiger partial charge in [0, 0.05) is 6.08 Å². The Bertz CT molecular complexity index is 398. The molecule has 0 aliphatic heterocycles. The largest absolute Gasteiger partial charge is 0.478 e. The Morgan fingerprint density at radius 3 is 1.82 bits per heavy atom. The van der Waals surface area contributed by atoms with Gasteiger partial charge in [0.05, 0.1) is 0 Å². The second-order valence-corrected chi connectivity index (χ2v) is 5.19. The van der Waals surface area contributed by atoms with Crippen molar-refractivity contribution in [3.63, 3.8) is 0 Å². The molecule has 0 aromatic carbocycles. The number of rotatable bonds is 13. The van der Waals surface area contributed by atoms with Crippen LogP contribution in [0.15, 0.2) is 60.8 Å². The van der Waals surface area contributed by atoms with Crippen molar-refractivity contribution in [2.24, 2.45) is 0 Å². The molecular weight excluding hydrogens is 272 g/mol. The van der Waals surface area contributed by atoms with Crippen LogP contribution in [0.4, 0.5) is 0 Å². The predicted molar refractivity (Wildman–Crippen MR) is 95.9 cm³/mol. The van der Waals surface area contributed by atoms with Crippen molar-refractivity contribution < 1.29 is 9.90 Å². The van der Waals surface area contributed by atoms with Gasteiger partial charge in [-0.15, -0.1) is 0 Å². The minimum absolute atomic E-state index is 0.931. The Balaban J connectivity index is 3.50. The summed E-state index contributed by atoms with van der Waals surface area (Å²) in [5, 5.41) is 8.38. The summed E-state index contributed by atoms with van der Waals surface area (Å²) in [5.74, 6) is -0.931. The first-order valence-corrected chi connectivity index (χ1v) is 8.33. The zero-order valence-electron chi connectivity index (χ0n) is 13.8. The SMILES string of the molecule is CCCCCCCCC/C=C/C=C/C=C/C=C\C=C\C(=O)O. The molecule has 0 spiro atoms. The molecule has 2 nitrogen and oxygen atoms in total. The van der Waals surface area contributed by atoms with E-state index in [1.807, 2.05) is 24.3 Å². The van der Waals surface area contributed by atoms with E-state index in [1.165, 1.54) is 51.0 Å². The van der Waals surface area contributed by atoms with Crippen LogP contribution in [0.5, 0.6) is 0 Å². The number of hydrogen-bond acceptors (Lipinski definition) is 1. The molecule has 22 heavy (non-hydrogen) atoms. The summed E-state index contributed by atoms with van der Waals surface area (Å²) in [7, 11) is 0. The van der Waals surface area contributed by atoms with Gasteiger partial charge in [-0.25, -0.2) is 4.79 Å². The second kappa shape index (κ2) is 17.2. The molecule has 0 bridgehead atoms. The van der Waals surface area contributed by atoms with Gasteiger partial charge in [-0.3, -0.25) is 0 Å². The number of carboxylic acid groups (broad SMARTS) is 1. The quantitative estimate of drug-likeness (QED) is 0.258. The third-order valence-electron chi connectivity index (χ3n) is 3.13. The van der Waals surface area contributed by atoms with Crippen LogP contribution in [0.3, 0.4) is 0 Å². The lowest BCUT2D eigenvalue weighted by atomic mass is 10.1. The van der Waals surface area contributed by atoms with Gasteiger partial charge in [-0.2, -0.15) is 0 Å². The maximum atomic E-state index is 10.2. The van der Waals surface area contributed by atoms with E-state index >= 15 is 0 Å². The van der Waals surface area contributed by atoms with Crippen LogP contribution < -0.4 is 0 Å². The number of unbranched alkanes of at least 4 members (excludes halogenated alkanes) is 7. The van der Waals surface area contributed by atoms with Gasteiger partial charge < -0.3 is 5.11 Å². The normalized spacial score (nSPS) is 12.8. The summed E-state index contributed by atoms with van der Waals surface area (Å²) in [5.41, 5.74) is 0. The van der Waals surface area contributed by atoms with Gasteiger partial charge in [0.15, 0.2) is 0 Å². The minimum atomic E-state index is -0.931. The summed E-state index contributed by atoms with van der Waals surface area (Å²) in [6, 6.07) is 0. The summed E-state index contributed by atoms with van der Waals surface area (Å²) in [6.07, 6.45) is 28.8. The molecule has 0 aromatic rings. The van der Waals surface area contributed by atoms with E-state index in [-0.39, 0.29) is 0 Å². The first-order valence-electron chi connectivity index (χ1n) is 8.33. The van der Waals surface area contributed by atoms with Gasteiger partial charge in [0.25, 0.3) is 0 Å². The van der Waals surface area contributed by atoms with Gasteiger partial charge in [0.2, 0.25) is 0 Å². The van der Waals surface area contributed by atoms with Crippen LogP contribution in [0, 0.1) is 0 Å². The Hall–Kier alpha value is -1.83. The van der Waals surface area contributed by atoms with Gasteiger partial charge in [-0.05, 0) is 12.8 Å². The lowest BCUT2D eigenvalue weighted by Crippen LogP contribution is -1.84. The Kier molecular flexibility index (Phi) is 15.8. The van der Waals surface area contributed by atoms with Crippen LogP contribution in [-0.4, -0.2) is 11.1 Å². The number of hydrogen-bond donors (Lipinski definition) is 1. The molecule has 0 aromatic heterocycles. The van der Waals surface area contributed by atoms with E-state index in [0.29, 0.717) is 0 Å². The molecule has 0 amide bonds. The highest BCUT2D eigenvalue weighted by molar-refractivity contribution is 5.80. The molecular formula is C20H30O2. The molecule has 0 fully saturated rings. The first-order chi connectivity index (χ1) is 10.8. The molecule has 122 valence electrons. The van der Waals surface area contributed by atoms with E-state index < -0.39 is 5.97 Å². The van der Waals surface area contributed by atoms with Crippen molar-refractivity contribution in [3.05, 3.63) is 60.8 Å². The van der Waals surface area contributed by atoms with E-state index in [4.69, 9.17) is 5.11 Å². The fourth-order valence-corrected chi connectivity index (χ4v) is 1.92. The number of carbonyl (C=O) groups is 1. The zero-order valence-corrected chi connectivity index (χ0v) is 13.8. The minimum Gasteiger partial charge on any atom is -0.478 e. The molecule has 0 saturated heterocycles. The number of aliphatic carboxylic acids is 1.